The van der Waals surface area contributed by atoms with Crippen LogP contribution in [0.4, 0.5) is 0 Å². The van der Waals surface area contributed by atoms with E-state index in [1.165, 1.54) is 35.7 Å². The standard InChI is InChI=1S/C20H23N5/c1-23-11-17(8-22-23)19-9-21-20-7-16-12-24(13-18(16)14-25(19)20)10-15-5-3-2-4-6-15/h2-6,8-9,11,16,18H,7,10,12-14H2,1H3/t16-,18-/m0/s1. The van der Waals surface area contributed by atoms with E-state index in [-0.39, 0.29) is 0 Å². The average Bonchev–Trinajstić information content (AvgIpc) is 3.31. The molecule has 0 spiro atoms. The summed E-state index contributed by atoms with van der Waals surface area (Å²) in [6.07, 6.45) is 7.13. The highest BCUT2D eigenvalue weighted by Gasteiger charge is 2.37. The minimum Gasteiger partial charge on any atom is -0.328 e. The first-order valence-corrected chi connectivity index (χ1v) is 9.06. The van der Waals surface area contributed by atoms with Crippen LogP contribution in [0.15, 0.2) is 48.9 Å². The van der Waals surface area contributed by atoms with Crippen LogP contribution < -0.4 is 0 Å². The maximum Gasteiger partial charge on any atom is 0.109 e. The zero-order valence-corrected chi connectivity index (χ0v) is 14.5. The van der Waals surface area contributed by atoms with Gasteiger partial charge in [-0.1, -0.05) is 30.3 Å². The summed E-state index contributed by atoms with van der Waals surface area (Å²) in [5.74, 6) is 2.70. The Morgan fingerprint density at radius 2 is 1.88 bits per heavy atom. The molecule has 0 aliphatic carbocycles. The average molecular weight is 333 g/mol. The van der Waals surface area contributed by atoms with Crippen LogP contribution in [0.25, 0.3) is 11.3 Å². The molecule has 0 amide bonds. The van der Waals surface area contributed by atoms with Crippen LogP contribution in [-0.2, 0) is 26.6 Å². The van der Waals surface area contributed by atoms with Gasteiger partial charge in [-0.2, -0.15) is 5.10 Å². The molecule has 1 fully saturated rings. The highest BCUT2D eigenvalue weighted by atomic mass is 15.2. The van der Waals surface area contributed by atoms with Crippen molar-refractivity contribution < 1.29 is 0 Å². The van der Waals surface area contributed by atoms with Crippen molar-refractivity contribution >= 4 is 0 Å². The summed E-state index contributed by atoms with van der Waals surface area (Å²) in [5, 5.41) is 4.31. The van der Waals surface area contributed by atoms with Gasteiger partial charge in [0.1, 0.15) is 5.82 Å². The molecule has 4 heterocycles. The summed E-state index contributed by atoms with van der Waals surface area (Å²) in [4.78, 5) is 7.33. The fraction of sp³-hybridized carbons (Fsp3) is 0.400. The van der Waals surface area contributed by atoms with Gasteiger partial charge in [-0.05, 0) is 17.4 Å². The summed E-state index contributed by atoms with van der Waals surface area (Å²) >= 11 is 0. The Kier molecular flexibility index (Phi) is 3.48. The van der Waals surface area contributed by atoms with Gasteiger partial charge in [0.05, 0.1) is 18.1 Å². The van der Waals surface area contributed by atoms with Gasteiger partial charge < -0.3 is 4.57 Å². The van der Waals surface area contributed by atoms with Gasteiger partial charge in [0.15, 0.2) is 0 Å². The first-order valence-electron chi connectivity index (χ1n) is 9.06. The summed E-state index contributed by atoms with van der Waals surface area (Å²) in [5.41, 5.74) is 3.79. The Bertz CT molecular complexity index is 879. The van der Waals surface area contributed by atoms with E-state index in [2.05, 4.69) is 51.1 Å². The zero-order valence-electron chi connectivity index (χ0n) is 14.5. The van der Waals surface area contributed by atoms with Gasteiger partial charge >= 0.3 is 0 Å². The Labute approximate surface area is 147 Å². The first kappa shape index (κ1) is 14.9. The lowest BCUT2D eigenvalue weighted by molar-refractivity contribution is 0.307. The van der Waals surface area contributed by atoms with Crippen molar-refractivity contribution in [3.05, 3.63) is 60.3 Å². The SMILES string of the molecule is Cn1cc(-c2cnc3n2C[C@@H]2CN(Cc4ccccc4)C[C@@H]2C3)cn1. The maximum absolute atomic E-state index is 4.72. The van der Waals surface area contributed by atoms with Crippen molar-refractivity contribution in [2.24, 2.45) is 18.9 Å². The first-order chi connectivity index (χ1) is 12.3. The number of rotatable bonds is 3. The van der Waals surface area contributed by atoms with Gasteiger partial charge in [0.2, 0.25) is 0 Å². The second-order valence-corrected chi connectivity index (χ2v) is 7.48. The predicted octanol–water partition coefficient (Wildman–Crippen LogP) is 2.59. The monoisotopic (exact) mass is 333 g/mol. The highest BCUT2D eigenvalue weighted by molar-refractivity contribution is 5.57. The number of aromatic nitrogens is 4. The molecule has 0 unspecified atom stereocenters. The van der Waals surface area contributed by atoms with E-state index in [1.807, 2.05) is 24.1 Å². The van der Waals surface area contributed by atoms with Gasteiger partial charge in [-0.3, -0.25) is 9.58 Å². The van der Waals surface area contributed by atoms with Crippen molar-refractivity contribution in [2.45, 2.75) is 19.5 Å². The third-order valence-corrected chi connectivity index (χ3v) is 5.70. The second-order valence-electron chi connectivity index (χ2n) is 7.48. The smallest absolute Gasteiger partial charge is 0.109 e. The molecule has 2 aliphatic heterocycles. The van der Waals surface area contributed by atoms with Crippen LogP contribution in [0.5, 0.6) is 0 Å². The molecular weight excluding hydrogens is 310 g/mol. The lowest BCUT2D eigenvalue weighted by Gasteiger charge is -2.26. The summed E-state index contributed by atoms with van der Waals surface area (Å²) < 4.78 is 4.28. The molecule has 2 aromatic heterocycles. The molecule has 1 saturated heterocycles. The normalized spacial score (nSPS) is 22.8. The van der Waals surface area contributed by atoms with Gasteiger partial charge in [0.25, 0.3) is 0 Å². The molecule has 5 nitrogen and oxygen atoms in total. The van der Waals surface area contributed by atoms with E-state index in [0.717, 1.165) is 31.3 Å². The lowest BCUT2D eigenvalue weighted by atomic mass is 9.89. The van der Waals surface area contributed by atoms with Crippen LogP contribution in [-0.4, -0.2) is 37.3 Å². The molecule has 0 radical (unpaired) electrons. The fourth-order valence-electron chi connectivity index (χ4n) is 4.48. The number of imidazole rings is 1. The third-order valence-electron chi connectivity index (χ3n) is 5.70. The van der Waals surface area contributed by atoms with Crippen LogP contribution in [0.1, 0.15) is 11.4 Å². The Morgan fingerprint density at radius 1 is 1.04 bits per heavy atom. The molecule has 5 rings (SSSR count). The molecule has 0 N–H and O–H groups in total. The second kappa shape index (κ2) is 5.85. The maximum atomic E-state index is 4.72. The number of hydrogen-bond donors (Lipinski definition) is 0. The van der Waals surface area contributed by atoms with Crippen molar-refractivity contribution in [1.82, 2.24) is 24.2 Å². The molecule has 0 saturated carbocycles. The van der Waals surface area contributed by atoms with E-state index in [0.29, 0.717) is 0 Å². The van der Waals surface area contributed by atoms with E-state index in [9.17, 15) is 0 Å². The lowest BCUT2D eigenvalue weighted by Crippen LogP contribution is -2.28. The predicted molar refractivity (Wildman–Crippen MR) is 96.8 cm³/mol. The minimum absolute atomic E-state index is 0.723. The largest absolute Gasteiger partial charge is 0.328 e. The molecule has 3 aromatic rings. The van der Waals surface area contributed by atoms with Crippen LogP contribution in [0, 0.1) is 11.8 Å². The van der Waals surface area contributed by atoms with E-state index in [4.69, 9.17) is 4.98 Å². The highest BCUT2D eigenvalue weighted by Crippen LogP contribution is 2.35. The Balaban J connectivity index is 1.35. The fourth-order valence-corrected chi connectivity index (χ4v) is 4.48. The van der Waals surface area contributed by atoms with Gasteiger partial charge in [0, 0.05) is 51.4 Å². The summed E-state index contributed by atoms with van der Waals surface area (Å²) in [6, 6.07) is 10.8. The number of aryl methyl sites for hydroxylation is 1. The van der Waals surface area contributed by atoms with Crippen molar-refractivity contribution in [3.8, 4) is 11.3 Å². The topological polar surface area (TPSA) is 38.9 Å². The molecule has 0 bridgehead atoms. The van der Waals surface area contributed by atoms with Crippen LogP contribution >= 0.6 is 0 Å². The Morgan fingerprint density at radius 3 is 2.68 bits per heavy atom. The molecule has 2 aliphatic rings. The molecular formula is C20H23N5. The molecule has 2 atom stereocenters. The molecule has 25 heavy (non-hydrogen) atoms. The van der Waals surface area contributed by atoms with Gasteiger partial charge in [-0.15, -0.1) is 0 Å². The molecule has 128 valence electrons. The van der Waals surface area contributed by atoms with Crippen LogP contribution in [0.2, 0.25) is 0 Å². The van der Waals surface area contributed by atoms with E-state index in [1.54, 1.807) is 0 Å². The van der Waals surface area contributed by atoms with Crippen molar-refractivity contribution in [1.29, 1.82) is 0 Å². The summed E-state index contributed by atoms with van der Waals surface area (Å²) in [6.45, 7) is 4.51. The Hall–Kier alpha value is -2.40. The van der Waals surface area contributed by atoms with Crippen molar-refractivity contribution in [2.75, 3.05) is 13.1 Å². The summed E-state index contributed by atoms with van der Waals surface area (Å²) in [7, 11) is 1.96. The van der Waals surface area contributed by atoms with Crippen LogP contribution in [0.3, 0.4) is 0 Å². The van der Waals surface area contributed by atoms with E-state index < -0.39 is 0 Å². The quantitative estimate of drug-likeness (QED) is 0.739. The zero-order chi connectivity index (χ0) is 16.8. The third kappa shape index (κ3) is 2.68. The van der Waals surface area contributed by atoms with E-state index >= 15 is 0 Å². The molecule has 5 heteroatoms. The number of hydrogen-bond acceptors (Lipinski definition) is 3. The minimum atomic E-state index is 0.723. The number of nitrogens with zero attached hydrogens (tertiary/aromatic N) is 5. The molecule has 1 aromatic carbocycles. The number of likely N-dealkylation sites (tertiary alicyclic amines) is 1. The van der Waals surface area contributed by atoms with Crippen molar-refractivity contribution in [3.63, 3.8) is 0 Å². The number of fused-ring (bicyclic) bond motifs is 2. The number of benzene rings is 1. The van der Waals surface area contributed by atoms with Gasteiger partial charge in [-0.25, -0.2) is 4.98 Å².